The van der Waals surface area contributed by atoms with Gasteiger partial charge in [0, 0.05) is 11.8 Å². The van der Waals surface area contributed by atoms with E-state index in [0.717, 1.165) is 11.3 Å². The van der Waals surface area contributed by atoms with Gasteiger partial charge in [-0.05, 0) is 18.4 Å². The van der Waals surface area contributed by atoms with Crippen molar-refractivity contribution >= 4 is 50.3 Å². The van der Waals surface area contributed by atoms with Crippen molar-refractivity contribution in [1.82, 2.24) is 4.72 Å². The molecule has 4 nitrogen and oxygen atoms in total. The third-order valence-corrected chi connectivity index (χ3v) is 6.41. The fourth-order valence-corrected chi connectivity index (χ4v) is 3.86. The summed E-state index contributed by atoms with van der Waals surface area (Å²) < 4.78 is 26.6. The molecule has 0 saturated heterocycles. The zero-order valence-electron chi connectivity index (χ0n) is 9.47. The van der Waals surface area contributed by atoms with E-state index < -0.39 is 10.0 Å². The molecule has 0 saturated carbocycles. The highest BCUT2D eigenvalue weighted by Crippen LogP contribution is 2.21. The van der Waals surface area contributed by atoms with Crippen molar-refractivity contribution in [2.24, 2.45) is 5.73 Å². The van der Waals surface area contributed by atoms with Gasteiger partial charge in [-0.15, -0.1) is 11.3 Å². The van der Waals surface area contributed by atoms with Crippen molar-refractivity contribution in [2.75, 3.05) is 12.8 Å². The minimum atomic E-state index is -3.44. The summed E-state index contributed by atoms with van der Waals surface area (Å²) in [7, 11) is -3.44. The summed E-state index contributed by atoms with van der Waals surface area (Å²) in [5, 5.41) is 0.236. The number of nitrogens with one attached hydrogen (secondary N) is 1. The van der Waals surface area contributed by atoms with E-state index in [1.54, 1.807) is 17.8 Å². The molecular weight excluding hydrogens is 296 g/mol. The van der Waals surface area contributed by atoms with Crippen LogP contribution in [0.2, 0.25) is 0 Å². The first-order chi connectivity index (χ1) is 7.86. The maximum absolute atomic E-state index is 11.9. The second-order valence-electron chi connectivity index (χ2n) is 3.38. The molecule has 0 bridgehead atoms. The number of thiophene rings is 1. The van der Waals surface area contributed by atoms with Crippen molar-refractivity contribution in [1.29, 1.82) is 0 Å². The van der Waals surface area contributed by atoms with E-state index in [9.17, 15) is 8.42 Å². The Labute approximate surface area is 115 Å². The Morgan fingerprint density at radius 3 is 2.76 bits per heavy atom. The zero-order valence-corrected chi connectivity index (χ0v) is 12.7. The first kappa shape index (κ1) is 14.9. The Kier molecular flexibility index (Phi) is 5.39. The van der Waals surface area contributed by atoms with Crippen LogP contribution in [0, 0.1) is 0 Å². The van der Waals surface area contributed by atoms with Crippen LogP contribution in [0.1, 0.15) is 11.8 Å². The average Bonchev–Trinajstić information content (AvgIpc) is 2.76. The fourth-order valence-electron chi connectivity index (χ4n) is 0.979. The van der Waals surface area contributed by atoms with Crippen LogP contribution in [-0.2, 0) is 10.0 Å². The number of rotatable bonds is 6. The molecule has 1 aromatic heterocycles. The van der Waals surface area contributed by atoms with E-state index in [0.29, 0.717) is 11.4 Å². The number of nitrogens with two attached hydrogens (primary N) is 1. The van der Waals surface area contributed by atoms with Gasteiger partial charge in [0.2, 0.25) is 10.0 Å². The predicted octanol–water partition coefficient (Wildman–Crippen LogP) is 1.41. The Balaban J connectivity index is 2.79. The molecule has 0 aliphatic heterocycles. The van der Waals surface area contributed by atoms with Crippen molar-refractivity contribution in [3.8, 4) is 0 Å². The van der Waals surface area contributed by atoms with Gasteiger partial charge in [0.05, 0.1) is 4.88 Å². The Hall–Kier alpha value is -0.150. The third-order valence-electron chi connectivity index (χ3n) is 2.05. The molecule has 1 atom stereocenters. The Morgan fingerprint density at radius 1 is 1.65 bits per heavy atom. The molecule has 1 aromatic rings. The Morgan fingerprint density at radius 2 is 2.29 bits per heavy atom. The van der Waals surface area contributed by atoms with E-state index >= 15 is 0 Å². The van der Waals surface area contributed by atoms with Crippen LogP contribution in [0.5, 0.6) is 0 Å². The highest BCUT2D eigenvalue weighted by atomic mass is 32.2. The molecule has 0 fully saturated rings. The van der Waals surface area contributed by atoms with Gasteiger partial charge in [0.25, 0.3) is 0 Å². The van der Waals surface area contributed by atoms with Crippen LogP contribution in [0.4, 0.5) is 0 Å². The highest BCUT2D eigenvalue weighted by molar-refractivity contribution is 7.99. The van der Waals surface area contributed by atoms with E-state index in [-0.39, 0.29) is 14.4 Å². The van der Waals surface area contributed by atoms with Crippen LogP contribution in [0.3, 0.4) is 0 Å². The van der Waals surface area contributed by atoms with E-state index in [1.165, 1.54) is 6.07 Å². The lowest BCUT2D eigenvalue weighted by Crippen LogP contribution is -2.28. The van der Waals surface area contributed by atoms with Crippen molar-refractivity contribution < 1.29 is 8.42 Å². The maximum Gasteiger partial charge on any atom is 0.250 e. The van der Waals surface area contributed by atoms with Crippen LogP contribution < -0.4 is 10.5 Å². The summed E-state index contributed by atoms with van der Waals surface area (Å²) in [6.45, 7) is 2.37. The van der Waals surface area contributed by atoms with Gasteiger partial charge in [-0.2, -0.15) is 11.8 Å². The third kappa shape index (κ3) is 4.22. The molecule has 0 aromatic carbocycles. The van der Waals surface area contributed by atoms with Crippen molar-refractivity contribution in [3.63, 3.8) is 0 Å². The molecule has 0 amide bonds. The quantitative estimate of drug-likeness (QED) is 0.777. The van der Waals surface area contributed by atoms with Crippen molar-refractivity contribution in [3.05, 3.63) is 17.0 Å². The number of thioether (sulfide) groups is 1. The van der Waals surface area contributed by atoms with E-state index in [1.807, 2.05) is 13.2 Å². The molecule has 96 valence electrons. The topological polar surface area (TPSA) is 72.2 Å². The molecule has 0 aliphatic rings. The normalized spacial score (nSPS) is 13.5. The van der Waals surface area contributed by atoms with Crippen LogP contribution >= 0.6 is 35.3 Å². The first-order valence-electron chi connectivity index (χ1n) is 4.79. The number of sulfonamides is 1. The van der Waals surface area contributed by atoms with Gasteiger partial charge >= 0.3 is 0 Å². The smallest absolute Gasteiger partial charge is 0.250 e. The standard InChI is InChI=1S/C9H14N2O2S4/c1-6(15-2)5-11-17(12,13)8-4-3-7(16-8)9(10)14/h3-4,6,11H,5H2,1-2H3,(H2,10,14). The zero-order chi connectivity index (χ0) is 13.1. The summed E-state index contributed by atoms with van der Waals surface area (Å²) in [5.41, 5.74) is 5.44. The lowest BCUT2D eigenvalue weighted by atomic mass is 10.5. The second-order valence-corrected chi connectivity index (χ2v) is 8.17. The SMILES string of the molecule is CSC(C)CNS(=O)(=O)c1ccc(C(N)=S)s1. The molecule has 0 aliphatic carbocycles. The minimum Gasteiger partial charge on any atom is -0.389 e. The summed E-state index contributed by atoms with van der Waals surface area (Å²) >= 11 is 7.48. The number of hydrogen-bond acceptors (Lipinski definition) is 5. The van der Waals surface area contributed by atoms with E-state index in [4.69, 9.17) is 18.0 Å². The minimum absolute atomic E-state index is 0.217. The van der Waals surface area contributed by atoms with Gasteiger partial charge in [-0.3, -0.25) is 0 Å². The van der Waals surface area contributed by atoms with E-state index in [2.05, 4.69) is 4.72 Å². The number of hydrogen-bond donors (Lipinski definition) is 2. The average molecular weight is 310 g/mol. The Bertz CT molecular complexity index is 495. The molecule has 1 heterocycles. The van der Waals surface area contributed by atoms with Gasteiger partial charge in [0.15, 0.2) is 0 Å². The number of thiocarbonyl (C=S) groups is 1. The van der Waals surface area contributed by atoms with Crippen LogP contribution in [-0.4, -0.2) is 31.5 Å². The second kappa shape index (κ2) is 6.14. The largest absolute Gasteiger partial charge is 0.389 e. The molecule has 0 radical (unpaired) electrons. The molecule has 1 unspecified atom stereocenters. The van der Waals surface area contributed by atoms with Gasteiger partial charge < -0.3 is 5.73 Å². The van der Waals surface area contributed by atoms with Crippen molar-refractivity contribution in [2.45, 2.75) is 16.4 Å². The van der Waals surface area contributed by atoms with Gasteiger partial charge in [-0.1, -0.05) is 19.1 Å². The summed E-state index contributed by atoms with van der Waals surface area (Å²) in [6, 6.07) is 3.14. The predicted molar refractivity (Wildman–Crippen MR) is 78.4 cm³/mol. The van der Waals surface area contributed by atoms with Crippen LogP contribution in [0.15, 0.2) is 16.3 Å². The molecule has 8 heteroatoms. The monoisotopic (exact) mass is 310 g/mol. The fraction of sp³-hybridized carbons (Fsp3) is 0.444. The summed E-state index contributed by atoms with van der Waals surface area (Å²) in [5.74, 6) is 0. The molecule has 0 spiro atoms. The molecule has 17 heavy (non-hydrogen) atoms. The maximum atomic E-state index is 11.9. The summed E-state index contributed by atoms with van der Waals surface area (Å²) in [6.07, 6.45) is 1.94. The molecule has 3 N–H and O–H groups in total. The van der Waals surface area contributed by atoms with Crippen LogP contribution in [0.25, 0.3) is 0 Å². The lowest BCUT2D eigenvalue weighted by Gasteiger charge is -2.09. The molecular formula is C9H14N2O2S4. The van der Waals surface area contributed by atoms with Gasteiger partial charge in [-0.25, -0.2) is 13.1 Å². The highest BCUT2D eigenvalue weighted by Gasteiger charge is 2.17. The van der Waals surface area contributed by atoms with Gasteiger partial charge in [0.1, 0.15) is 9.20 Å². The lowest BCUT2D eigenvalue weighted by molar-refractivity contribution is 0.583. The first-order valence-corrected chi connectivity index (χ1v) is 8.78. The summed E-state index contributed by atoms with van der Waals surface area (Å²) in [4.78, 5) is 0.826. The molecule has 1 rings (SSSR count).